The summed E-state index contributed by atoms with van der Waals surface area (Å²) in [7, 11) is 0. The van der Waals surface area contributed by atoms with Gasteiger partial charge >= 0.3 is 0 Å². The molecule has 0 saturated heterocycles. The molecule has 0 aromatic heterocycles. The molecule has 0 bridgehead atoms. The van der Waals surface area contributed by atoms with E-state index in [1.807, 2.05) is 24.3 Å². The highest BCUT2D eigenvalue weighted by Crippen LogP contribution is 2.23. The second-order valence-corrected chi connectivity index (χ2v) is 6.15. The number of carbonyl (C=O) groups is 1. The van der Waals surface area contributed by atoms with Crippen molar-refractivity contribution >= 4 is 23.6 Å². The smallest absolute Gasteiger partial charge is 0.246 e. The molecule has 1 aromatic carbocycles. The summed E-state index contributed by atoms with van der Waals surface area (Å²) in [5, 5.41) is 13.2. The van der Waals surface area contributed by atoms with Crippen molar-refractivity contribution in [1.82, 2.24) is 5.32 Å². The Morgan fingerprint density at radius 2 is 2.19 bits per heavy atom. The second-order valence-electron chi connectivity index (χ2n) is 5.75. The van der Waals surface area contributed by atoms with Crippen molar-refractivity contribution in [3.8, 4) is 0 Å². The Morgan fingerprint density at radius 1 is 1.43 bits per heavy atom. The molecule has 1 saturated carbocycles. The maximum atomic E-state index is 12.1. The first-order chi connectivity index (χ1) is 10.1. The average Bonchev–Trinajstić information content (AvgIpc) is 2.47. The first-order valence-corrected chi connectivity index (χ1v) is 7.83. The van der Waals surface area contributed by atoms with Crippen LogP contribution in [-0.2, 0) is 4.79 Å². The normalized spacial score (nSPS) is 22.9. The molecule has 2 atom stereocenters. The number of nitrogens with one attached hydrogen (secondary N) is 1. The number of hydrogen-bond acceptors (Lipinski definition) is 2. The van der Waals surface area contributed by atoms with Crippen LogP contribution in [0.5, 0.6) is 0 Å². The van der Waals surface area contributed by atoms with Crippen LogP contribution in [0.25, 0.3) is 6.08 Å². The quantitative estimate of drug-likeness (QED) is 0.838. The maximum absolute atomic E-state index is 12.1. The van der Waals surface area contributed by atoms with Gasteiger partial charge in [-0.15, -0.1) is 0 Å². The number of carbonyl (C=O) groups excluding carboxylic acids is 1. The van der Waals surface area contributed by atoms with Crippen LogP contribution in [0.1, 0.15) is 38.2 Å². The summed E-state index contributed by atoms with van der Waals surface area (Å²) >= 11 is 6.08. The van der Waals surface area contributed by atoms with Crippen LogP contribution in [-0.4, -0.2) is 23.7 Å². The minimum absolute atomic E-state index is 0.0741. The summed E-state index contributed by atoms with van der Waals surface area (Å²) in [6.07, 6.45) is 5.37. The van der Waals surface area contributed by atoms with E-state index in [1.54, 1.807) is 13.0 Å². The largest absolute Gasteiger partial charge is 0.393 e. The Bertz CT molecular complexity index is 527. The molecule has 4 heteroatoms. The molecule has 114 valence electrons. The van der Waals surface area contributed by atoms with Crippen molar-refractivity contribution in [2.75, 3.05) is 6.54 Å². The van der Waals surface area contributed by atoms with Gasteiger partial charge in [0.1, 0.15) is 0 Å². The predicted octanol–water partition coefficient (Wildman–Crippen LogP) is 3.41. The number of hydrogen-bond donors (Lipinski definition) is 2. The van der Waals surface area contributed by atoms with E-state index in [1.165, 1.54) is 0 Å². The van der Waals surface area contributed by atoms with E-state index in [0.717, 1.165) is 31.2 Å². The lowest BCUT2D eigenvalue weighted by Gasteiger charge is -2.25. The van der Waals surface area contributed by atoms with Gasteiger partial charge in [-0.05, 0) is 49.8 Å². The van der Waals surface area contributed by atoms with Gasteiger partial charge in [-0.25, -0.2) is 0 Å². The molecule has 1 fully saturated rings. The summed E-state index contributed by atoms with van der Waals surface area (Å²) in [5.74, 6) is 0.306. The van der Waals surface area contributed by atoms with Gasteiger partial charge in [-0.3, -0.25) is 4.79 Å². The molecule has 2 rings (SSSR count). The lowest BCUT2D eigenvalue weighted by molar-refractivity contribution is -0.117. The van der Waals surface area contributed by atoms with Crippen LogP contribution in [0.15, 0.2) is 29.8 Å². The van der Waals surface area contributed by atoms with Crippen molar-refractivity contribution in [3.05, 3.63) is 40.4 Å². The summed E-state index contributed by atoms with van der Waals surface area (Å²) in [6, 6.07) is 7.45. The molecular formula is C17H22ClNO2. The van der Waals surface area contributed by atoms with E-state index in [-0.39, 0.29) is 12.0 Å². The topological polar surface area (TPSA) is 49.3 Å². The minimum atomic E-state index is -0.208. The Hall–Kier alpha value is -1.32. The highest BCUT2D eigenvalue weighted by Gasteiger charge is 2.20. The fourth-order valence-electron chi connectivity index (χ4n) is 2.72. The van der Waals surface area contributed by atoms with Crippen LogP contribution in [0.2, 0.25) is 5.02 Å². The van der Waals surface area contributed by atoms with Crippen molar-refractivity contribution in [3.63, 3.8) is 0 Å². The van der Waals surface area contributed by atoms with Crippen molar-refractivity contribution in [2.45, 2.75) is 38.7 Å². The van der Waals surface area contributed by atoms with Gasteiger partial charge in [-0.1, -0.05) is 36.2 Å². The monoisotopic (exact) mass is 307 g/mol. The highest BCUT2D eigenvalue weighted by atomic mass is 35.5. The summed E-state index contributed by atoms with van der Waals surface area (Å²) in [4.78, 5) is 12.1. The zero-order valence-electron chi connectivity index (χ0n) is 12.3. The second kappa shape index (κ2) is 7.62. The van der Waals surface area contributed by atoms with Crippen molar-refractivity contribution < 1.29 is 9.90 Å². The Kier molecular flexibility index (Phi) is 5.83. The maximum Gasteiger partial charge on any atom is 0.246 e. The van der Waals surface area contributed by atoms with E-state index in [9.17, 15) is 9.90 Å². The van der Waals surface area contributed by atoms with E-state index in [0.29, 0.717) is 23.1 Å². The lowest BCUT2D eigenvalue weighted by atomic mass is 9.87. The van der Waals surface area contributed by atoms with E-state index in [4.69, 9.17) is 11.6 Å². The Labute approximate surface area is 131 Å². The fourth-order valence-corrected chi connectivity index (χ4v) is 2.91. The highest BCUT2D eigenvalue weighted by molar-refractivity contribution is 6.32. The van der Waals surface area contributed by atoms with Crippen LogP contribution >= 0.6 is 11.6 Å². The predicted molar refractivity (Wildman–Crippen MR) is 86.1 cm³/mol. The number of halogens is 1. The Balaban J connectivity index is 1.89. The molecule has 1 aliphatic rings. The molecular weight excluding hydrogens is 286 g/mol. The van der Waals surface area contributed by atoms with Gasteiger partial charge in [-0.2, -0.15) is 0 Å². The summed E-state index contributed by atoms with van der Waals surface area (Å²) in [6.45, 7) is 2.41. The van der Waals surface area contributed by atoms with Crippen LogP contribution < -0.4 is 5.32 Å². The molecule has 0 spiro atoms. The number of amides is 1. The number of aliphatic hydroxyl groups excluding tert-OH is 1. The average molecular weight is 308 g/mol. The summed E-state index contributed by atoms with van der Waals surface area (Å²) in [5.41, 5.74) is 1.49. The van der Waals surface area contributed by atoms with Gasteiger partial charge in [0.05, 0.1) is 6.10 Å². The summed E-state index contributed by atoms with van der Waals surface area (Å²) < 4.78 is 0. The number of rotatable bonds is 4. The number of aliphatic hydroxyl groups is 1. The van der Waals surface area contributed by atoms with Gasteiger partial charge in [0.15, 0.2) is 0 Å². The SMILES string of the molecule is C/C(=C/c1ccccc1Cl)C(=O)NCC1CCCC(O)C1. The van der Waals surface area contributed by atoms with Crippen LogP contribution in [0, 0.1) is 5.92 Å². The van der Waals surface area contributed by atoms with Crippen molar-refractivity contribution in [2.24, 2.45) is 5.92 Å². The number of benzene rings is 1. The standard InChI is InChI=1S/C17H22ClNO2/c1-12(9-14-6-2-3-8-16(14)18)17(21)19-11-13-5-4-7-15(20)10-13/h2-3,6,8-9,13,15,20H,4-5,7,10-11H2,1H3,(H,19,21)/b12-9-. The first kappa shape index (κ1) is 16.1. The molecule has 2 unspecified atom stereocenters. The van der Waals surface area contributed by atoms with Crippen molar-refractivity contribution in [1.29, 1.82) is 0 Å². The van der Waals surface area contributed by atoms with Gasteiger partial charge in [0.25, 0.3) is 0 Å². The van der Waals surface area contributed by atoms with Gasteiger partial charge < -0.3 is 10.4 Å². The molecule has 0 aliphatic heterocycles. The zero-order chi connectivity index (χ0) is 15.2. The zero-order valence-corrected chi connectivity index (χ0v) is 13.1. The minimum Gasteiger partial charge on any atom is -0.393 e. The van der Waals surface area contributed by atoms with Crippen LogP contribution in [0.4, 0.5) is 0 Å². The molecule has 1 aliphatic carbocycles. The molecule has 3 nitrogen and oxygen atoms in total. The third-order valence-corrected chi connectivity index (χ3v) is 4.29. The third kappa shape index (κ3) is 4.87. The third-order valence-electron chi connectivity index (χ3n) is 3.94. The molecule has 1 aromatic rings. The fraction of sp³-hybridized carbons (Fsp3) is 0.471. The Morgan fingerprint density at radius 3 is 2.90 bits per heavy atom. The van der Waals surface area contributed by atoms with E-state index >= 15 is 0 Å². The molecule has 0 radical (unpaired) electrons. The lowest BCUT2D eigenvalue weighted by Crippen LogP contribution is -2.33. The molecule has 1 amide bonds. The van der Waals surface area contributed by atoms with Gasteiger partial charge in [0.2, 0.25) is 5.91 Å². The molecule has 0 heterocycles. The first-order valence-electron chi connectivity index (χ1n) is 7.45. The van der Waals surface area contributed by atoms with Gasteiger partial charge in [0, 0.05) is 17.1 Å². The van der Waals surface area contributed by atoms with Crippen LogP contribution in [0.3, 0.4) is 0 Å². The molecule has 2 N–H and O–H groups in total. The van der Waals surface area contributed by atoms with E-state index in [2.05, 4.69) is 5.32 Å². The van der Waals surface area contributed by atoms with E-state index < -0.39 is 0 Å². The molecule has 21 heavy (non-hydrogen) atoms.